The number of benzene rings is 1. The van der Waals surface area contributed by atoms with Gasteiger partial charge >= 0.3 is 0 Å². The number of likely N-dealkylation sites (tertiary alicyclic amines) is 1. The highest BCUT2D eigenvalue weighted by atomic mass is 35.5. The minimum absolute atomic E-state index is 0. The van der Waals surface area contributed by atoms with Crippen LogP contribution in [0.5, 0.6) is 11.5 Å². The molecule has 2 aliphatic carbocycles. The zero-order valence-electron chi connectivity index (χ0n) is 14.2. The molecule has 1 spiro atoms. The summed E-state index contributed by atoms with van der Waals surface area (Å²) in [4.78, 5) is 14.6. The number of piperidine rings is 1. The van der Waals surface area contributed by atoms with Crippen LogP contribution in [0.1, 0.15) is 24.5 Å². The molecule has 1 aromatic rings. The number of ether oxygens (including phenoxy) is 1. The molecule has 134 valence electrons. The summed E-state index contributed by atoms with van der Waals surface area (Å²) in [5.41, 5.74) is 0.107. The molecule has 1 saturated heterocycles. The van der Waals surface area contributed by atoms with Crippen LogP contribution in [0.4, 0.5) is 0 Å². The van der Waals surface area contributed by atoms with Crippen molar-refractivity contribution in [1.82, 2.24) is 4.90 Å². The Balaban J connectivity index is 0.00000157. The number of phenols is 1. The number of carbonyl (C=O) groups excluding carboxylic acids is 1. The molecule has 0 unspecified atom stereocenters. The quantitative estimate of drug-likeness (QED) is 0.741. The first kappa shape index (κ1) is 16.9. The van der Waals surface area contributed by atoms with E-state index >= 15 is 0 Å². The monoisotopic (exact) mass is 363 g/mol. The summed E-state index contributed by atoms with van der Waals surface area (Å²) in [5, 5.41) is 21.5. The fourth-order valence-electron chi connectivity index (χ4n) is 5.61. The van der Waals surface area contributed by atoms with Gasteiger partial charge in [-0.1, -0.05) is 12.1 Å². The molecular weight excluding hydrogens is 342 g/mol. The Hall–Kier alpha value is -1.56. The summed E-state index contributed by atoms with van der Waals surface area (Å²) in [6.45, 7) is 2.29. The van der Waals surface area contributed by atoms with Crippen LogP contribution in [-0.4, -0.2) is 52.2 Å². The molecule has 2 aliphatic heterocycles. The molecule has 4 aliphatic rings. The van der Waals surface area contributed by atoms with Crippen molar-refractivity contribution in [1.29, 1.82) is 0 Å². The highest BCUT2D eigenvalue weighted by molar-refractivity contribution is 5.89. The van der Waals surface area contributed by atoms with E-state index in [-0.39, 0.29) is 29.9 Å². The van der Waals surface area contributed by atoms with Crippen molar-refractivity contribution in [3.63, 3.8) is 0 Å². The van der Waals surface area contributed by atoms with Crippen molar-refractivity contribution in [2.75, 3.05) is 13.6 Å². The number of phenolic OH excluding ortho intramolecular Hbond substituents is 1. The summed E-state index contributed by atoms with van der Waals surface area (Å²) >= 11 is 0. The van der Waals surface area contributed by atoms with Crippen molar-refractivity contribution in [3.8, 4) is 11.5 Å². The number of halogens is 1. The molecule has 5 atom stereocenters. The average molecular weight is 364 g/mol. The van der Waals surface area contributed by atoms with E-state index in [4.69, 9.17) is 4.74 Å². The van der Waals surface area contributed by atoms with Crippen LogP contribution in [0.25, 0.3) is 0 Å². The lowest BCUT2D eigenvalue weighted by Crippen LogP contribution is -2.69. The second-order valence-corrected chi connectivity index (χ2v) is 7.75. The molecule has 25 heavy (non-hydrogen) atoms. The predicted octanol–water partition coefficient (Wildman–Crippen LogP) is 1.58. The molecule has 0 aromatic heterocycles. The van der Waals surface area contributed by atoms with E-state index in [9.17, 15) is 15.0 Å². The Kier molecular flexibility index (Phi) is 3.37. The topological polar surface area (TPSA) is 70.0 Å². The molecule has 6 heteroatoms. The van der Waals surface area contributed by atoms with Crippen molar-refractivity contribution >= 4 is 18.2 Å². The van der Waals surface area contributed by atoms with Gasteiger partial charge in [-0.05, 0) is 51.1 Å². The number of hydrogen-bond acceptors (Lipinski definition) is 5. The van der Waals surface area contributed by atoms with E-state index < -0.39 is 17.1 Å². The molecule has 1 aromatic carbocycles. The Morgan fingerprint density at radius 3 is 2.88 bits per heavy atom. The second-order valence-electron chi connectivity index (χ2n) is 7.75. The van der Waals surface area contributed by atoms with Crippen LogP contribution >= 0.6 is 12.4 Å². The van der Waals surface area contributed by atoms with E-state index in [0.717, 1.165) is 24.9 Å². The second kappa shape index (κ2) is 5.00. The molecule has 0 saturated carbocycles. The molecule has 2 heterocycles. The molecule has 5 rings (SSSR count). The number of aromatic hydroxyl groups is 1. The summed E-state index contributed by atoms with van der Waals surface area (Å²) in [6, 6.07) is 3.95. The van der Waals surface area contributed by atoms with Crippen LogP contribution in [-0.2, 0) is 16.6 Å². The molecule has 1 fully saturated rings. The number of aliphatic hydroxyl groups is 1. The minimum Gasteiger partial charge on any atom is -0.504 e. The van der Waals surface area contributed by atoms with E-state index in [1.54, 1.807) is 12.1 Å². The van der Waals surface area contributed by atoms with Crippen molar-refractivity contribution in [3.05, 3.63) is 35.4 Å². The van der Waals surface area contributed by atoms with E-state index in [2.05, 4.69) is 11.9 Å². The molecule has 2 N–H and O–H groups in total. The van der Waals surface area contributed by atoms with Gasteiger partial charge in [0, 0.05) is 22.9 Å². The average Bonchev–Trinajstić information content (AvgIpc) is 2.91. The van der Waals surface area contributed by atoms with Gasteiger partial charge in [-0.15, -0.1) is 12.4 Å². The van der Waals surface area contributed by atoms with Gasteiger partial charge in [0.05, 0.1) is 0 Å². The molecule has 2 bridgehead atoms. The van der Waals surface area contributed by atoms with Crippen LogP contribution in [0, 0.1) is 5.92 Å². The van der Waals surface area contributed by atoms with E-state index in [1.165, 1.54) is 12.5 Å². The lowest BCUT2D eigenvalue weighted by atomic mass is 9.51. The molecular formula is C19H22ClNO4. The number of rotatable bonds is 1. The Morgan fingerprint density at radius 2 is 2.16 bits per heavy atom. The number of hydrogen-bond donors (Lipinski definition) is 2. The highest BCUT2D eigenvalue weighted by Gasteiger charge is 2.68. The number of carbonyl (C=O) groups is 1. The number of nitrogens with zero attached hydrogens (tertiary/aromatic N) is 1. The zero-order valence-corrected chi connectivity index (χ0v) is 15.0. The smallest absolute Gasteiger partial charge is 0.178 e. The number of ketones is 1. The summed E-state index contributed by atoms with van der Waals surface area (Å²) in [5.74, 6) is 0.427. The van der Waals surface area contributed by atoms with Crippen molar-refractivity contribution in [2.24, 2.45) is 5.92 Å². The first-order valence-corrected chi connectivity index (χ1v) is 8.54. The van der Waals surface area contributed by atoms with Gasteiger partial charge in [0.15, 0.2) is 22.9 Å². The third-order valence-corrected chi connectivity index (χ3v) is 6.80. The maximum Gasteiger partial charge on any atom is 0.178 e. The first-order chi connectivity index (χ1) is 11.4. The Bertz CT molecular complexity index is 809. The van der Waals surface area contributed by atoms with Gasteiger partial charge in [-0.3, -0.25) is 4.79 Å². The number of Topliss-reactive ketones (excluding diaryl/α,β-unsaturated/α-hetero) is 1. The lowest BCUT2D eigenvalue weighted by Gasteiger charge is -2.58. The van der Waals surface area contributed by atoms with Crippen LogP contribution < -0.4 is 4.74 Å². The molecule has 0 amide bonds. The summed E-state index contributed by atoms with van der Waals surface area (Å²) in [6.07, 6.45) is 4.67. The van der Waals surface area contributed by atoms with Gasteiger partial charge < -0.3 is 19.8 Å². The zero-order chi connectivity index (χ0) is 16.9. The molecule has 0 radical (unpaired) electrons. The Morgan fingerprint density at radius 1 is 1.40 bits per heavy atom. The van der Waals surface area contributed by atoms with Gasteiger partial charge in [-0.25, -0.2) is 0 Å². The van der Waals surface area contributed by atoms with Crippen LogP contribution in [0.3, 0.4) is 0 Å². The maximum atomic E-state index is 12.3. The largest absolute Gasteiger partial charge is 0.504 e. The highest BCUT2D eigenvalue weighted by Crippen LogP contribution is 2.63. The van der Waals surface area contributed by atoms with E-state index in [1.807, 2.05) is 12.1 Å². The van der Waals surface area contributed by atoms with Crippen molar-refractivity contribution < 1.29 is 19.7 Å². The van der Waals surface area contributed by atoms with Gasteiger partial charge in [0.25, 0.3) is 0 Å². The van der Waals surface area contributed by atoms with Gasteiger partial charge in [0.2, 0.25) is 0 Å². The number of likely N-dealkylation sites (N-methyl/N-ethyl adjacent to an activating group) is 1. The summed E-state index contributed by atoms with van der Waals surface area (Å²) in [7, 11) is 2.13. The fourth-order valence-corrected chi connectivity index (χ4v) is 5.61. The standard InChI is InChI=1S/C19H21NO4.ClH/c1-10(21)19(23)6-5-12-13-9-11-3-4-14(22)16-15(11)18(12,17(19)24-16)7-8-20(13)2;/h3-6,12-13,17,22-23H,7-9H2,1-2H3;1H/t12-,13+,17+,18-,19+;/m0./s1. The van der Waals surface area contributed by atoms with Crippen LogP contribution in [0.2, 0.25) is 0 Å². The first-order valence-electron chi connectivity index (χ1n) is 8.54. The van der Waals surface area contributed by atoms with Gasteiger partial charge in [0.1, 0.15) is 6.10 Å². The van der Waals surface area contributed by atoms with Crippen molar-refractivity contribution in [2.45, 2.75) is 42.9 Å². The third-order valence-electron chi connectivity index (χ3n) is 6.80. The SMILES string of the molecule is CC(=O)[C@]1(O)C=C[C@H]2[C@H]3Cc4ccc(O)c5c4[C@@]2(CCN3C)[C@H]1O5.Cl. The summed E-state index contributed by atoms with van der Waals surface area (Å²) < 4.78 is 6.13. The normalized spacial score (nSPS) is 40.0. The Labute approximate surface area is 152 Å². The maximum absolute atomic E-state index is 12.3. The predicted molar refractivity (Wildman–Crippen MR) is 94.4 cm³/mol. The fraction of sp³-hybridized carbons (Fsp3) is 0.526. The minimum atomic E-state index is -1.64. The van der Waals surface area contributed by atoms with Crippen LogP contribution in [0.15, 0.2) is 24.3 Å². The lowest BCUT2D eigenvalue weighted by molar-refractivity contribution is -0.148. The third kappa shape index (κ3) is 1.74. The van der Waals surface area contributed by atoms with E-state index in [0.29, 0.717) is 11.8 Å². The molecule has 5 nitrogen and oxygen atoms in total. The van der Waals surface area contributed by atoms with Gasteiger partial charge in [-0.2, -0.15) is 0 Å².